The molecule has 5 rings (SSSR count). The van der Waals surface area contributed by atoms with Crippen molar-refractivity contribution in [1.82, 2.24) is 14.4 Å². The number of fused-ring (bicyclic) bond motifs is 2. The van der Waals surface area contributed by atoms with Crippen LogP contribution >= 0.6 is 11.3 Å². The van der Waals surface area contributed by atoms with Crippen molar-refractivity contribution in [3.8, 4) is 0 Å². The summed E-state index contributed by atoms with van der Waals surface area (Å²) in [5.41, 5.74) is 5.62. The highest BCUT2D eigenvalue weighted by molar-refractivity contribution is 7.22. The second-order valence-corrected chi connectivity index (χ2v) is 9.15. The van der Waals surface area contributed by atoms with Gasteiger partial charge in [-0.1, -0.05) is 30.2 Å². The van der Waals surface area contributed by atoms with Gasteiger partial charge < -0.3 is 20.2 Å². The molecule has 7 heteroatoms. The minimum absolute atomic E-state index is 0.103. The predicted octanol–water partition coefficient (Wildman–Crippen LogP) is 4.64. The third-order valence-corrected chi connectivity index (χ3v) is 6.85. The van der Waals surface area contributed by atoms with Crippen molar-refractivity contribution in [3.05, 3.63) is 59.5 Å². The van der Waals surface area contributed by atoms with E-state index in [9.17, 15) is 5.11 Å². The van der Waals surface area contributed by atoms with E-state index >= 15 is 0 Å². The molecule has 2 atom stereocenters. The van der Waals surface area contributed by atoms with Crippen molar-refractivity contribution in [1.29, 1.82) is 5.41 Å². The van der Waals surface area contributed by atoms with Gasteiger partial charge in [0, 0.05) is 35.8 Å². The molecule has 1 saturated carbocycles. The zero-order chi connectivity index (χ0) is 20.7. The summed E-state index contributed by atoms with van der Waals surface area (Å²) in [7, 11) is 0. The number of aliphatic hydroxyl groups is 1. The first-order valence-electron chi connectivity index (χ1n) is 10.4. The van der Waals surface area contributed by atoms with E-state index in [0.29, 0.717) is 5.71 Å². The van der Waals surface area contributed by atoms with Gasteiger partial charge in [0.15, 0.2) is 5.13 Å². The van der Waals surface area contributed by atoms with Gasteiger partial charge in [0.1, 0.15) is 5.65 Å². The maximum Gasteiger partial charge on any atom is 0.184 e. The van der Waals surface area contributed by atoms with Crippen LogP contribution in [0, 0.1) is 5.41 Å². The Morgan fingerprint density at radius 3 is 2.97 bits per heavy atom. The minimum Gasteiger partial charge on any atom is -0.391 e. The van der Waals surface area contributed by atoms with Gasteiger partial charge in [-0.05, 0) is 49.6 Å². The number of hydrogen-bond donors (Lipinski definition) is 3. The molecule has 0 amide bonds. The lowest BCUT2D eigenvalue weighted by Crippen LogP contribution is -2.36. The van der Waals surface area contributed by atoms with Gasteiger partial charge >= 0.3 is 0 Å². The van der Waals surface area contributed by atoms with Gasteiger partial charge in [0.25, 0.3) is 0 Å². The molecule has 0 bridgehead atoms. The van der Waals surface area contributed by atoms with Crippen LogP contribution in [0.2, 0.25) is 0 Å². The Morgan fingerprint density at radius 2 is 2.13 bits per heavy atom. The number of aliphatic hydroxyl groups excluding tert-OH is 1. The molecular formula is C23H25N5OS. The SMILES string of the molecule is CC(=N)c1ccn2c(Cc3ccc4nc(N[C@@H]5CCCC[C@H]5O)sc4c3)cnc2c1. The Balaban J connectivity index is 1.37. The largest absolute Gasteiger partial charge is 0.391 e. The number of thiazole rings is 1. The fourth-order valence-electron chi connectivity index (χ4n) is 4.19. The molecule has 1 fully saturated rings. The molecule has 1 aliphatic carbocycles. The lowest BCUT2D eigenvalue weighted by molar-refractivity contribution is 0.116. The van der Waals surface area contributed by atoms with Gasteiger partial charge in [-0.3, -0.25) is 0 Å². The normalized spacial score (nSPS) is 19.4. The summed E-state index contributed by atoms with van der Waals surface area (Å²) < 4.78 is 3.23. The average molecular weight is 420 g/mol. The third kappa shape index (κ3) is 3.70. The van der Waals surface area contributed by atoms with Crippen LogP contribution < -0.4 is 5.32 Å². The number of rotatable bonds is 5. The fourth-order valence-corrected chi connectivity index (χ4v) is 5.18. The molecular weight excluding hydrogens is 394 g/mol. The number of imidazole rings is 1. The molecule has 1 aromatic carbocycles. The van der Waals surface area contributed by atoms with E-state index in [1.807, 2.05) is 24.5 Å². The van der Waals surface area contributed by atoms with Crippen LogP contribution in [0.5, 0.6) is 0 Å². The molecule has 3 N–H and O–H groups in total. The number of hydrogen-bond acceptors (Lipinski definition) is 6. The van der Waals surface area contributed by atoms with Gasteiger partial charge in [0.2, 0.25) is 0 Å². The Hall–Kier alpha value is -2.77. The highest BCUT2D eigenvalue weighted by Gasteiger charge is 2.23. The van der Waals surface area contributed by atoms with Gasteiger partial charge in [-0.25, -0.2) is 9.97 Å². The number of benzene rings is 1. The minimum atomic E-state index is -0.284. The first-order valence-corrected chi connectivity index (χ1v) is 11.2. The molecule has 1 aliphatic rings. The summed E-state index contributed by atoms with van der Waals surface area (Å²) in [6.07, 6.45) is 8.52. The number of nitrogens with zero attached hydrogens (tertiary/aromatic N) is 3. The Bertz CT molecular complexity index is 1230. The molecule has 154 valence electrons. The molecule has 4 aromatic rings. The molecule has 3 heterocycles. The van der Waals surface area contributed by atoms with E-state index in [-0.39, 0.29) is 12.1 Å². The van der Waals surface area contributed by atoms with Crippen molar-refractivity contribution in [3.63, 3.8) is 0 Å². The van der Waals surface area contributed by atoms with E-state index in [0.717, 1.165) is 64.4 Å². The van der Waals surface area contributed by atoms with Gasteiger partial charge in [-0.2, -0.15) is 0 Å². The first kappa shape index (κ1) is 19.2. The van der Waals surface area contributed by atoms with Crippen LogP contribution in [-0.2, 0) is 6.42 Å². The number of aromatic nitrogens is 3. The van der Waals surface area contributed by atoms with Crippen LogP contribution in [0.25, 0.3) is 15.9 Å². The second-order valence-electron chi connectivity index (χ2n) is 8.12. The van der Waals surface area contributed by atoms with Gasteiger partial charge in [-0.15, -0.1) is 0 Å². The Kier molecular flexibility index (Phi) is 5.00. The highest BCUT2D eigenvalue weighted by atomic mass is 32.1. The van der Waals surface area contributed by atoms with Crippen molar-refractivity contribution in [2.24, 2.45) is 0 Å². The number of nitrogens with one attached hydrogen (secondary N) is 2. The summed E-state index contributed by atoms with van der Waals surface area (Å²) in [6.45, 7) is 1.79. The summed E-state index contributed by atoms with van der Waals surface area (Å²) in [4.78, 5) is 9.23. The van der Waals surface area contributed by atoms with E-state index < -0.39 is 0 Å². The van der Waals surface area contributed by atoms with Crippen LogP contribution in [0.3, 0.4) is 0 Å². The number of anilines is 1. The van der Waals surface area contributed by atoms with E-state index in [4.69, 9.17) is 10.4 Å². The van der Waals surface area contributed by atoms with E-state index in [2.05, 4.69) is 32.9 Å². The maximum absolute atomic E-state index is 10.2. The monoisotopic (exact) mass is 419 g/mol. The first-order chi connectivity index (χ1) is 14.6. The number of pyridine rings is 1. The summed E-state index contributed by atoms with van der Waals surface area (Å²) in [5.74, 6) is 0. The molecule has 0 saturated heterocycles. The lowest BCUT2D eigenvalue weighted by Gasteiger charge is -2.27. The highest BCUT2D eigenvalue weighted by Crippen LogP contribution is 2.30. The third-order valence-electron chi connectivity index (χ3n) is 5.90. The molecule has 0 unspecified atom stereocenters. The predicted molar refractivity (Wildman–Crippen MR) is 122 cm³/mol. The molecule has 3 aromatic heterocycles. The molecule has 0 spiro atoms. The summed E-state index contributed by atoms with van der Waals surface area (Å²) in [6, 6.07) is 10.4. The van der Waals surface area contributed by atoms with Crippen molar-refractivity contribution >= 4 is 38.0 Å². The topological polar surface area (TPSA) is 86.3 Å². The Labute approximate surface area is 179 Å². The van der Waals surface area contributed by atoms with E-state index in [1.54, 1.807) is 18.3 Å². The van der Waals surface area contributed by atoms with Crippen molar-refractivity contribution < 1.29 is 5.11 Å². The van der Waals surface area contributed by atoms with Crippen molar-refractivity contribution in [2.45, 2.75) is 51.2 Å². The fraction of sp³-hybridized carbons (Fsp3) is 0.348. The summed E-state index contributed by atoms with van der Waals surface area (Å²) >= 11 is 1.65. The van der Waals surface area contributed by atoms with Crippen LogP contribution in [-0.4, -0.2) is 37.3 Å². The smallest absolute Gasteiger partial charge is 0.184 e. The molecule has 0 aliphatic heterocycles. The van der Waals surface area contributed by atoms with Gasteiger partial charge in [0.05, 0.1) is 22.4 Å². The maximum atomic E-state index is 10.2. The molecule has 0 radical (unpaired) electrons. The second kappa shape index (κ2) is 7.81. The van der Waals surface area contributed by atoms with Crippen molar-refractivity contribution in [2.75, 3.05) is 5.32 Å². The van der Waals surface area contributed by atoms with Crippen LogP contribution in [0.4, 0.5) is 5.13 Å². The standard InChI is InChI=1S/C23H25N5OS/c1-14(24)16-8-9-28-17(13-25-22(28)12-16)10-15-6-7-19-21(11-15)30-23(27-19)26-18-4-2-3-5-20(18)29/h6-9,11-13,18,20,24,29H,2-5,10H2,1H3,(H,26,27)/t18-,20-/m1/s1. The lowest BCUT2D eigenvalue weighted by atomic mass is 9.93. The average Bonchev–Trinajstić information content (AvgIpc) is 3.32. The Morgan fingerprint density at radius 1 is 1.27 bits per heavy atom. The zero-order valence-electron chi connectivity index (χ0n) is 16.9. The van der Waals surface area contributed by atoms with E-state index in [1.165, 1.54) is 5.56 Å². The quantitative estimate of drug-likeness (QED) is 0.411. The van der Waals surface area contributed by atoms with Crippen LogP contribution in [0.15, 0.2) is 42.7 Å². The molecule has 30 heavy (non-hydrogen) atoms. The molecule has 6 nitrogen and oxygen atoms in total. The summed E-state index contributed by atoms with van der Waals surface area (Å²) in [5, 5.41) is 22.4. The van der Waals surface area contributed by atoms with Crippen LogP contribution in [0.1, 0.15) is 49.4 Å². The zero-order valence-corrected chi connectivity index (χ0v) is 17.7.